The quantitative estimate of drug-likeness (QED) is 0.806. The number of likely N-dealkylation sites (N-methyl/N-ethyl adjacent to an activating group) is 1. The third-order valence-electron chi connectivity index (χ3n) is 3.08. The fourth-order valence-corrected chi connectivity index (χ4v) is 1.77. The van der Waals surface area contributed by atoms with E-state index in [1.54, 1.807) is 0 Å². The molecule has 1 heterocycles. The van der Waals surface area contributed by atoms with Crippen LogP contribution < -0.4 is 11.1 Å². The highest BCUT2D eigenvalue weighted by atomic mass is 19.1. The standard InChI is InChI=1S/C12H17FN4O/c1-17(8-2-3-8)7-6-16-12(18)9-4-5-15-11(14)10(9)13/h4-5,8H,2-3,6-7H2,1H3,(H2,14,15)(H,16,18). The van der Waals surface area contributed by atoms with Gasteiger partial charge in [-0.2, -0.15) is 0 Å². The summed E-state index contributed by atoms with van der Waals surface area (Å²) in [4.78, 5) is 17.5. The van der Waals surface area contributed by atoms with Gasteiger partial charge in [-0.05, 0) is 26.0 Å². The number of hydrogen-bond donors (Lipinski definition) is 2. The Morgan fingerprint density at radius 1 is 1.67 bits per heavy atom. The Hall–Kier alpha value is -1.69. The summed E-state index contributed by atoms with van der Waals surface area (Å²) in [6, 6.07) is 1.97. The van der Waals surface area contributed by atoms with Gasteiger partial charge in [-0.15, -0.1) is 0 Å². The van der Waals surface area contributed by atoms with Gasteiger partial charge in [0.2, 0.25) is 0 Å². The fourth-order valence-electron chi connectivity index (χ4n) is 1.77. The maximum Gasteiger partial charge on any atom is 0.254 e. The van der Waals surface area contributed by atoms with E-state index in [9.17, 15) is 9.18 Å². The first-order valence-electron chi connectivity index (χ1n) is 5.98. The zero-order valence-corrected chi connectivity index (χ0v) is 10.3. The minimum Gasteiger partial charge on any atom is -0.381 e. The number of amides is 1. The predicted molar refractivity (Wildman–Crippen MR) is 66.6 cm³/mol. The minimum atomic E-state index is -0.759. The number of pyridine rings is 1. The van der Waals surface area contributed by atoms with Crippen molar-refractivity contribution in [2.45, 2.75) is 18.9 Å². The summed E-state index contributed by atoms with van der Waals surface area (Å²) in [7, 11) is 2.02. The number of anilines is 1. The van der Waals surface area contributed by atoms with E-state index in [2.05, 4.69) is 15.2 Å². The highest BCUT2D eigenvalue weighted by molar-refractivity contribution is 5.95. The largest absolute Gasteiger partial charge is 0.381 e. The third-order valence-corrected chi connectivity index (χ3v) is 3.08. The average Bonchev–Trinajstić information content (AvgIpc) is 3.16. The van der Waals surface area contributed by atoms with Crippen LogP contribution in [-0.4, -0.2) is 42.0 Å². The molecular formula is C12H17FN4O. The third kappa shape index (κ3) is 2.95. The van der Waals surface area contributed by atoms with Crippen LogP contribution in [0.4, 0.5) is 10.2 Å². The fraction of sp³-hybridized carbons (Fsp3) is 0.500. The van der Waals surface area contributed by atoms with Crippen molar-refractivity contribution in [2.24, 2.45) is 0 Å². The molecule has 6 heteroatoms. The molecule has 1 saturated carbocycles. The maximum absolute atomic E-state index is 13.5. The summed E-state index contributed by atoms with van der Waals surface area (Å²) in [5.41, 5.74) is 5.25. The summed E-state index contributed by atoms with van der Waals surface area (Å²) in [6.45, 7) is 1.26. The number of aromatic nitrogens is 1. The molecule has 1 amide bonds. The van der Waals surface area contributed by atoms with Crippen molar-refractivity contribution in [1.29, 1.82) is 0 Å². The van der Waals surface area contributed by atoms with Crippen LogP contribution in [0, 0.1) is 5.82 Å². The second-order valence-electron chi connectivity index (χ2n) is 4.53. The molecule has 1 aromatic rings. The SMILES string of the molecule is CN(CCNC(=O)c1ccnc(N)c1F)C1CC1. The summed E-state index contributed by atoms with van der Waals surface area (Å²) in [5, 5.41) is 2.68. The van der Waals surface area contributed by atoms with Crippen molar-refractivity contribution in [3.63, 3.8) is 0 Å². The van der Waals surface area contributed by atoms with Gasteiger partial charge in [-0.3, -0.25) is 4.79 Å². The molecule has 1 aliphatic rings. The number of nitrogens with zero attached hydrogens (tertiary/aromatic N) is 2. The molecule has 3 N–H and O–H groups in total. The van der Waals surface area contributed by atoms with Crippen LogP contribution in [0.1, 0.15) is 23.2 Å². The van der Waals surface area contributed by atoms with Gasteiger partial charge in [0.05, 0.1) is 5.56 Å². The van der Waals surface area contributed by atoms with Crippen molar-refractivity contribution >= 4 is 11.7 Å². The first kappa shape index (κ1) is 12.8. The number of halogens is 1. The molecule has 0 spiro atoms. The van der Waals surface area contributed by atoms with Crippen molar-refractivity contribution in [2.75, 3.05) is 25.9 Å². The minimum absolute atomic E-state index is 0.0587. The van der Waals surface area contributed by atoms with Crippen LogP contribution in [0.2, 0.25) is 0 Å². The molecule has 18 heavy (non-hydrogen) atoms. The van der Waals surface area contributed by atoms with Gasteiger partial charge in [0.25, 0.3) is 5.91 Å². The number of nitrogens with two attached hydrogens (primary N) is 1. The molecule has 0 saturated heterocycles. The van der Waals surface area contributed by atoms with Crippen LogP contribution in [0.15, 0.2) is 12.3 Å². The molecule has 1 aliphatic carbocycles. The van der Waals surface area contributed by atoms with Crippen molar-refractivity contribution in [3.05, 3.63) is 23.6 Å². The molecule has 0 aromatic carbocycles. The molecule has 2 rings (SSSR count). The topological polar surface area (TPSA) is 71.2 Å². The second-order valence-corrected chi connectivity index (χ2v) is 4.53. The van der Waals surface area contributed by atoms with E-state index < -0.39 is 11.7 Å². The Bertz CT molecular complexity index is 448. The lowest BCUT2D eigenvalue weighted by atomic mass is 10.2. The van der Waals surface area contributed by atoms with Crippen LogP contribution in [0.25, 0.3) is 0 Å². The van der Waals surface area contributed by atoms with E-state index in [0.717, 1.165) is 6.54 Å². The molecule has 0 radical (unpaired) electrons. The number of hydrogen-bond acceptors (Lipinski definition) is 4. The number of carbonyl (C=O) groups excluding carboxylic acids is 1. The molecule has 98 valence electrons. The number of nitrogens with one attached hydrogen (secondary N) is 1. The molecule has 0 bridgehead atoms. The van der Waals surface area contributed by atoms with Crippen molar-refractivity contribution in [1.82, 2.24) is 15.2 Å². The van der Waals surface area contributed by atoms with Gasteiger partial charge in [0, 0.05) is 25.3 Å². The molecular weight excluding hydrogens is 235 g/mol. The zero-order chi connectivity index (χ0) is 13.1. The molecule has 0 unspecified atom stereocenters. The number of rotatable bonds is 5. The molecule has 0 atom stereocenters. The Morgan fingerprint density at radius 3 is 3.06 bits per heavy atom. The average molecular weight is 252 g/mol. The first-order chi connectivity index (χ1) is 8.59. The van der Waals surface area contributed by atoms with Crippen LogP contribution in [0.3, 0.4) is 0 Å². The smallest absolute Gasteiger partial charge is 0.254 e. The zero-order valence-electron chi connectivity index (χ0n) is 10.3. The van der Waals surface area contributed by atoms with E-state index in [4.69, 9.17) is 5.73 Å². The van der Waals surface area contributed by atoms with E-state index in [0.29, 0.717) is 12.6 Å². The van der Waals surface area contributed by atoms with E-state index in [-0.39, 0.29) is 11.4 Å². The Morgan fingerprint density at radius 2 is 2.39 bits per heavy atom. The van der Waals surface area contributed by atoms with Gasteiger partial charge in [0.1, 0.15) is 0 Å². The summed E-state index contributed by atoms with van der Waals surface area (Å²) >= 11 is 0. The van der Waals surface area contributed by atoms with Gasteiger partial charge in [-0.1, -0.05) is 0 Å². The normalized spacial score (nSPS) is 14.8. The van der Waals surface area contributed by atoms with E-state index in [1.807, 2.05) is 7.05 Å². The first-order valence-corrected chi connectivity index (χ1v) is 5.98. The summed E-state index contributed by atoms with van der Waals surface area (Å²) in [5.74, 6) is -1.46. The van der Waals surface area contributed by atoms with Crippen molar-refractivity contribution < 1.29 is 9.18 Å². The Balaban J connectivity index is 1.85. The summed E-state index contributed by atoms with van der Waals surface area (Å²) in [6.07, 6.45) is 3.77. The van der Waals surface area contributed by atoms with Crippen LogP contribution >= 0.6 is 0 Å². The molecule has 1 aromatic heterocycles. The second kappa shape index (κ2) is 5.30. The van der Waals surface area contributed by atoms with Gasteiger partial charge in [-0.25, -0.2) is 9.37 Å². The summed E-state index contributed by atoms with van der Waals surface area (Å²) < 4.78 is 13.5. The highest BCUT2D eigenvalue weighted by Crippen LogP contribution is 2.24. The van der Waals surface area contributed by atoms with E-state index in [1.165, 1.54) is 25.1 Å². The lowest BCUT2D eigenvalue weighted by Gasteiger charge is -2.15. The maximum atomic E-state index is 13.5. The number of carbonyl (C=O) groups is 1. The number of nitrogen functional groups attached to an aromatic ring is 1. The van der Waals surface area contributed by atoms with Crippen LogP contribution in [-0.2, 0) is 0 Å². The molecule has 1 fully saturated rings. The Kier molecular flexibility index (Phi) is 3.76. The van der Waals surface area contributed by atoms with Crippen molar-refractivity contribution in [3.8, 4) is 0 Å². The monoisotopic (exact) mass is 252 g/mol. The van der Waals surface area contributed by atoms with Gasteiger partial charge in [0.15, 0.2) is 11.6 Å². The van der Waals surface area contributed by atoms with Gasteiger partial charge < -0.3 is 16.0 Å². The molecule has 5 nitrogen and oxygen atoms in total. The van der Waals surface area contributed by atoms with E-state index >= 15 is 0 Å². The predicted octanol–water partition coefficient (Wildman–Crippen LogP) is 0.627. The Labute approximate surface area is 105 Å². The highest BCUT2D eigenvalue weighted by Gasteiger charge is 2.25. The van der Waals surface area contributed by atoms with Crippen LogP contribution in [0.5, 0.6) is 0 Å². The van der Waals surface area contributed by atoms with Gasteiger partial charge >= 0.3 is 0 Å². The molecule has 0 aliphatic heterocycles. The lowest BCUT2D eigenvalue weighted by molar-refractivity contribution is 0.0945. The lowest BCUT2D eigenvalue weighted by Crippen LogP contribution is -2.34.